The summed E-state index contributed by atoms with van der Waals surface area (Å²) in [6.45, 7) is 3.51. The summed E-state index contributed by atoms with van der Waals surface area (Å²) >= 11 is 0. The minimum absolute atomic E-state index is 0.0331. The largest absolute Gasteiger partial charge is 0.366 e. The van der Waals surface area contributed by atoms with Crippen LogP contribution in [0.3, 0.4) is 0 Å². The van der Waals surface area contributed by atoms with E-state index in [0.29, 0.717) is 43.0 Å². The summed E-state index contributed by atoms with van der Waals surface area (Å²) in [5, 5.41) is 0. The van der Waals surface area contributed by atoms with Crippen LogP contribution in [0.15, 0.2) is 61.2 Å². The quantitative estimate of drug-likeness (QED) is 0.640. The number of nitrogens with zero attached hydrogens (tertiary/aromatic N) is 4. The molecule has 0 aliphatic carbocycles. The van der Waals surface area contributed by atoms with E-state index in [1.807, 2.05) is 39.9 Å². The predicted molar refractivity (Wildman–Crippen MR) is 108 cm³/mol. The third-order valence-electron chi connectivity index (χ3n) is 5.18. The molecule has 2 heterocycles. The molecule has 1 amide bonds. The number of carbonyl (C=O) groups excluding carboxylic acids is 2. The van der Waals surface area contributed by atoms with Crippen molar-refractivity contribution in [2.45, 2.75) is 6.92 Å². The van der Waals surface area contributed by atoms with Gasteiger partial charge < -0.3 is 14.4 Å². The summed E-state index contributed by atoms with van der Waals surface area (Å²) in [4.78, 5) is 31.9. The Morgan fingerprint density at radius 1 is 0.966 bits per heavy atom. The molecule has 29 heavy (non-hydrogen) atoms. The average molecular weight is 392 g/mol. The first-order valence-electron chi connectivity index (χ1n) is 9.46. The van der Waals surface area contributed by atoms with Crippen LogP contribution in [0, 0.1) is 5.82 Å². The Morgan fingerprint density at radius 2 is 1.66 bits per heavy atom. The molecule has 0 saturated carbocycles. The molecule has 6 nitrogen and oxygen atoms in total. The van der Waals surface area contributed by atoms with Gasteiger partial charge in [-0.3, -0.25) is 9.59 Å². The van der Waals surface area contributed by atoms with E-state index in [2.05, 4.69) is 4.98 Å². The van der Waals surface area contributed by atoms with Crippen LogP contribution >= 0.6 is 0 Å². The monoisotopic (exact) mass is 392 g/mol. The topological polar surface area (TPSA) is 58.4 Å². The van der Waals surface area contributed by atoms with Gasteiger partial charge in [0.15, 0.2) is 5.78 Å². The van der Waals surface area contributed by atoms with E-state index in [1.54, 1.807) is 29.6 Å². The van der Waals surface area contributed by atoms with E-state index in [4.69, 9.17) is 0 Å². The molecule has 1 aliphatic rings. The highest BCUT2D eigenvalue weighted by molar-refractivity contribution is 5.95. The van der Waals surface area contributed by atoms with Crippen LogP contribution in [0.1, 0.15) is 27.6 Å². The van der Waals surface area contributed by atoms with Gasteiger partial charge in [0, 0.05) is 55.4 Å². The highest BCUT2D eigenvalue weighted by Crippen LogP contribution is 2.23. The van der Waals surface area contributed by atoms with Crippen LogP contribution in [-0.2, 0) is 0 Å². The number of aromatic nitrogens is 2. The Labute approximate surface area is 168 Å². The van der Waals surface area contributed by atoms with Gasteiger partial charge in [-0.05, 0) is 49.4 Å². The van der Waals surface area contributed by atoms with Gasteiger partial charge in [-0.25, -0.2) is 9.37 Å². The maximum absolute atomic E-state index is 14.4. The summed E-state index contributed by atoms with van der Waals surface area (Å²) in [5.74, 6) is -0.605. The molecule has 2 aromatic carbocycles. The number of Topliss-reactive ketones (excluding diaryl/α,β-unsaturated/α-hetero) is 1. The van der Waals surface area contributed by atoms with Crippen LogP contribution in [-0.4, -0.2) is 52.3 Å². The van der Waals surface area contributed by atoms with E-state index in [-0.39, 0.29) is 11.7 Å². The van der Waals surface area contributed by atoms with Crippen molar-refractivity contribution < 1.29 is 14.0 Å². The zero-order chi connectivity index (χ0) is 20.4. The third kappa shape index (κ3) is 3.89. The second kappa shape index (κ2) is 7.87. The molecule has 4 rings (SSSR count). The van der Waals surface area contributed by atoms with Gasteiger partial charge in [-0.1, -0.05) is 0 Å². The lowest BCUT2D eigenvalue weighted by atomic mass is 10.1. The maximum Gasteiger partial charge on any atom is 0.253 e. The smallest absolute Gasteiger partial charge is 0.253 e. The van der Waals surface area contributed by atoms with Crippen LogP contribution in [0.2, 0.25) is 0 Å². The number of halogens is 1. The molecule has 0 N–H and O–H groups in total. The summed E-state index contributed by atoms with van der Waals surface area (Å²) < 4.78 is 16.3. The standard InChI is InChI=1S/C22H21FN4O2/c1-16(28)18-4-7-21(20(23)14-18)25-10-12-26(13-11-25)22(29)17-2-5-19(6-3-17)27-9-8-24-15-27/h2-9,14-15H,10-13H2,1H3. The Bertz CT molecular complexity index is 1020. The van der Waals surface area contributed by atoms with E-state index in [1.165, 1.54) is 13.0 Å². The number of rotatable bonds is 4. The highest BCUT2D eigenvalue weighted by atomic mass is 19.1. The normalized spacial score (nSPS) is 14.1. The van der Waals surface area contributed by atoms with Crippen molar-refractivity contribution in [3.63, 3.8) is 0 Å². The lowest BCUT2D eigenvalue weighted by Gasteiger charge is -2.36. The molecule has 1 aromatic heterocycles. The number of anilines is 1. The maximum atomic E-state index is 14.4. The third-order valence-corrected chi connectivity index (χ3v) is 5.18. The van der Waals surface area contributed by atoms with Crippen LogP contribution in [0.4, 0.5) is 10.1 Å². The molecule has 1 aliphatic heterocycles. The molecule has 0 unspecified atom stereocenters. The van der Waals surface area contributed by atoms with E-state index in [9.17, 15) is 14.0 Å². The number of imidazole rings is 1. The van der Waals surface area contributed by atoms with E-state index in [0.717, 1.165) is 5.69 Å². The predicted octanol–water partition coefficient (Wildman–Crippen LogP) is 3.18. The van der Waals surface area contributed by atoms with Crippen LogP contribution in [0.25, 0.3) is 5.69 Å². The summed E-state index contributed by atoms with van der Waals surface area (Å²) in [6.07, 6.45) is 5.26. The number of carbonyl (C=O) groups is 2. The summed E-state index contributed by atoms with van der Waals surface area (Å²) in [7, 11) is 0. The van der Waals surface area contributed by atoms with Crippen molar-refractivity contribution in [3.8, 4) is 5.69 Å². The molecule has 3 aromatic rings. The molecule has 0 bridgehead atoms. The number of benzene rings is 2. The van der Waals surface area contributed by atoms with Crippen molar-refractivity contribution in [2.24, 2.45) is 0 Å². The fourth-order valence-electron chi connectivity index (χ4n) is 3.50. The number of ketones is 1. The number of hydrogen-bond acceptors (Lipinski definition) is 4. The zero-order valence-electron chi connectivity index (χ0n) is 16.1. The first-order valence-corrected chi connectivity index (χ1v) is 9.46. The molecule has 0 radical (unpaired) electrons. The Kier molecular flexibility index (Phi) is 5.12. The van der Waals surface area contributed by atoms with Gasteiger partial charge in [0.2, 0.25) is 0 Å². The first kappa shape index (κ1) is 18.9. The molecule has 148 valence electrons. The number of amides is 1. The molecular formula is C22H21FN4O2. The van der Waals surface area contributed by atoms with Gasteiger partial charge in [0.25, 0.3) is 5.91 Å². The Hall–Kier alpha value is -3.48. The zero-order valence-corrected chi connectivity index (χ0v) is 16.1. The van der Waals surface area contributed by atoms with Crippen LogP contribution < -0.4 is 4.90 Å². The number of hydrogen-bond donors (Lipinski definition) is 0. The first-order chi connectivity index (χ1) is 14.0. The highest BCUT2D eigenvalue weighted by Gasteiger charge is 2.24. The van der Waals surface area contributed by atoms with Crippen molar-refractivity contribution in [1.29, 1.82) is 0 Å². The van der Waals surface area contributed by atoms with E-state index < -0.39 is 5.82 Å². The minimum Gasteiger partial charge on any atom is -0.366 e. The molecule has 7 heteroatoms. The fraction of sp³-hybridized carbons (Fsp3) is 0.227. The summed E-state index contributed by atoms with van der Waals surface area (Å²) in [6, 6.07) is 11.9. The van der Waals surface area contributed by atoms with E-state index >= 15 is 0 Å². The van der Waals surface area contributed by atoms with Crippen LogP contribution in [0.5, 0.6) is 0 Å². The van der Waals surface area contributed by atoms with Gasteiger partial charge in [0.05, 0.1) is 12.0 Å². The average Bonchev–Trinajstić information content (AvgIpc) is 3.28. The van der Waals surface area contributed by atoms with Crippen molar-refractivity contribution in [2.75, 3.05) is 31.1 Å². The molecule has 0 spiro atoms. The molecule has 1 fully saturated rings. The molecule has 1 saturated heterocycles. The fourth-order valence-corrected chi connectivity index (χ4v) is 3.50. The van der Waals surface area contributed by atoms with Gasteiger partial charge in [0.1, 0.15) is 5.82 Å². The second-order valence-electron chi connectivity index (χ2n) is 7.02. The Morgan fingerprint density at radius 3 is 2.24 bits per heavy atom. The Balaban J connectivity index is 1.40. The van der Waals surface area contributed by atoms with Crippen molar-refractivity contribution in [1.82, 2.24) is 14.5 Å². The van der Waals surface area contributed by atoms with Crippen molar-refractivity contribution >= 4 is 17.4 Å². The molecular weight excluding hydrogens is 371 g/mol. The van der Waals surface area contributed by atoms with Gasteiger partial charge in [-0.2, -0.15) is 0 Å². The lowest BCUT2D eigenvalue weighted by Crippen LogP contribution is -2.49. The number of piperazine rings is 1. The molecule has 0 atom stereocenters. The SMILES string of the molecule is CC(=O)c1ccc(N2CCN(C(=O)c3ccc(-n4ccnc4)cc3)CC2)c(F)c1. The van der Waals surface area contributed by atoms with Crippen molar-refractivity contribution in [3.05, 3.63) is 78.1 Å². The van der Waals surface area contributed by atoms with Gasteiger partial charge in [-0.15, -0.1) is 0 Å². The summed E-state index contributed by atoms with van der Waals surface area (Å²) in [5.41, 5.74) is 2.39. The second-order valence-corrected chi connectivity index (χ2v) is 7.02. The minimum atomic E-state index is -0.410. The lowest BCUT2D eigenvalue weighted by molar-refractivity contribution is 0.0746. The van der Waals surface area contributed by atoms with Gasteiger partial charge >= 0.3 is 0 Å².